The Bertz CT molecular complexity index is 858. The molecule has 1 amide bonds. The first-order chi connectivity index (χ1) is 12.5. The fourth-order valence-electron chi connectivity index (χ4n) is 4.37. The van der Waals surface area contributed by atoms with Crippen molar-refractivity contribution in [3.63, 3.8) is 0 Å². The van der Waals surface area contributed by atoms with E-state index in [0.29, 0.717) is 18.4 Å². The normalized spacial score (nSPS) is 24.8. The number of aryl methyl sites for hydroxylation is 1. The van der Waals surface area contributed by atoms with Gasteiger partial charge in [-0.05, 0) is 18.1 Å². The maximum absolute atomic E-state index is 13.4. The third-order valence-electron chi connectivity index (χ3n) is 5.62. The number of aromatic nitrogens is 2. The van der Waals surface area contributed by atoms with Crippen LogP contribution in [0.3, 0.4) is 0 Å². The number of anilines is 2. The smallest absolute Gasteiger partial charge is 0.227 e. The molecule has 2 fully saturated rings. The molecule has 2 aliphatic heterocycles. The lowest BCUT2D eigenvalue weighted by Crippen LogP contribution is -2.35. The van der Waals surface area contributed by atoms with Crippen molar-refractivity contribution in [3.8, 4) is 0 Å². The molecular formula is C19H22FN5O. The quantitative estimate of drug-likeness (QED) is 0.893. The van der Waals surface area contributed by atoms with E-state index in [-0.39, 0.29) is 23.7 Å². The van der Waals surface area contributed by atoms with Crippen molar-refractivity contribution in [3.05, 3.63) is 47.4 Å². The number of halogens is 1. The fourth-order valence-corrected chi connectivity index (χ4v) is 4.37. The Kier molecular flexibility index (Phi) is 4.01. The van der Waals surface area contributed by atoms with Gasteiger partial charge < -0.3 is 15.5 Å². The Balaban J connectivity index is 1.65. The molecular weight excluding hydrogens is 333 g/mol. The molecule has 0 unspecified atom stereocenters. The summed E-state index contributed by atoms with van der Waals surface area (Å²) < 4.78 is 13.4. The second-order valence-electron chi connectivity index (χ2n) is 7.20. The zero-order chi connectivity index (χ0) is 18.4. The van der Waals surface area contributed by atoms with Gasteiger partial charge in [-0.3, -0.25) is 4.79 Å². The van der Waals surface area contributed by atoms with E-state index >= 15 is 0 Å². The molecule has 2 saturated heterocycles. The van der Waals surface area contributed by atoms with Gasteiger partial charge in [-0.2, -0.15) is 4.98 Å². The summed E-state index contributed by atoms with van der Waals surface area (Å²) in [4.78, 5) is 24.5. The van der Waals surface area contributed by atoms with Gasteiger partial charge in [-0.25, -0.2) is 9.37 Å². The minimum absolute atomic E-state index is 0.0431. The Morgan fingerprint density at radius 2 is 2.04 bits per heavy atom. The van der Waals surface area contributed by atoms with Crippen LogP contribution in [0.15, 0.2) is 30.5 Å². The van der Waals surface area contributed by atoms with Gasteiger partial charge in [0.05, 0.1) is 12.2 Å². The zero-order valence-corrected chi connectivity index (χ0v) is 14.9. The van der Waals surface area contributed by atoms with Crippen molar-refractivity contribution in [1.29, 1.82) is 0 Å². The van der Waals surface area contributed by atoms with E-state index < -0.39 is 5.82 Å². The predicted octanol–water partition coefficient (Wildman–Crippen LogP) is 2.16. The first-order valence-corrected chi connectivity index (χ1v) is 8.81. The molecule has 0 radical (unpaired) electrons. The van der Waals surface area contributed by atoms with Crippen molar-refractivity contribution in [2.75, 3.05) is 30.3 Å². The minimum Gasteiger partial charge on any atom is -0.381 e. The summed E-state index contributed by atoms with van der Waals surface area (Å²) in [6.07, 6.45) is 1.12. The number of hydrogen-bond donors (Lipinski definition) is 1. The monoisotopic (exact) mass is 355 g/mol. The number of nitrogen functional groups attached to an aromatic ring is 1. The highest BCUT2D eigenvalue weighted by Crippen LogP contribution is 2.46. The molecule has 0 aliphatic carbocycles. The van der Waals surface area contributed by atoms with Crippen molar-refractivity contribution < 1.29 is 9.18 Å². The zero-order valence-electron chi connectivity index (χ0n) is 14.9. The number of carbonyl (C=O) groups is 1. The number of carbonyl (C=O) groups excluding carboxylic acids is 1. The lowest BCUT2D eigenvalue weighted by atomic mass is 9.87. The summed E-state index contributed by atoms with van der Waals surface area (Å²) in [5.74, 6) is 0.438. The van der Waals surface area contributed by atoms with Gasteiger partial charge in [0.15, 0.2) is 11.6 Å². The highest BCUT2D eigenvalue weighted by atomic mass is 19.1. The van der Waals surface area contributed by atoms with Crippen LogP contribution >= 0.6 is 0 Å². The number of rotatable bonds is 2. The number of likely N-dealkylation sites (tertiary alicyclic amines) is 1. The van der Waals surface area contributed by atoms with Crippen LogP contribution < -0.4 is 10.6 Å². The molecule has 2 aromatic rings. The van der Waals surface area contributed by atoms with Gasteiger partial charge in [-0.15, -0.1) is 0 Å². The maximum atomic E-state index is 13.4. The van der Waals surface area contributed by atoms with E-state index in [1.165, 1.54) is 11.1 Å². The summed E-state index contributed by atoms with van der Waals surface area (Å²) in [5.41, 5.74) is 7.97. The van der Waals surface area contributed by atoms with Crippen LogP contribution in [0, 0.1) is 24.6 Å². The van der Waals surface area contributed by atoms with Crippen LogP contribution in [-0.2, 0) is 4.79 Å². The maximum Gasteiger partial charge on any atom is 0.227 e. The van der Waals surface area contributed by atoms with Crippen LogP contribution in [0.2, 0.25) is 0 Å². The number of amides is 1. The topological polar surface area (TPSA) is 75.4 Å². The molecule has 3 heterocycles. The third-order valence-corrected chi connectivity index (χ3v) is 5.62. The second-order valence-corrected chi connectivity index (χ2v) is 7.20. The van der Waals surface area contributed by atoms with E-state index in [4.69, 9.17) is 5.73 Å². The number of benzene rings is 1. The molecule has 0 spiro atoms. The Morgan fingerprint density at radius 1 is 1.27 bits per heavy atom. The number of fused-ring (bicyclic) bond motifs is 1. The molecule has 1 aromatic carbocycles. The van der Waals surface area contributed by atoms with E-state index in [1.54, 1.807) is 6.92 Å². The van der Waals surface area contributed by atoms with Crippen molar-refractivity contribution in [2.45, 2.75) is 19.9 Å². The molecule has 2 N–H and O–H groups in total. The van der Waals surface area contributed by atoms with Crippen LogP contribution in [-0.4, -0.2) is 40.4 Å². The van der Waals surface area contributed by atoms with E-state index in [9.17, 15) is 9.18 Å². The lowest BCUT2D eigenvalue weighted by Gasteiger charge is -2.30. The molecule has 7 heteroatoms. The molecule has 0 saturated carbocycles. The van der Waals surface area contributed by atoms with Crippen molar-refractivity contribution in [1.82, 2.24) is 14.9 Å². The van der Waals surface area contributed by atoms with Gasteiger partial charge in [-0.1, -0.05) is 24.3 Å². The van der Waals surface area contributed by atoms with Gasteiger partial charge in [0.25, 0.3) is 0 Å². The molecule has 3 atom stereocenters. The molecule has 0 bridgehead atoms. The number of hydrogen-bond acceptors (Lipinski definition) is 5. The van der Waals surface area contributed by atoms with Gasteiger partial charge >= 0.3 is 0 Å². The average molecular weight is 355 g/mol. The Hall–Kier alpha value is -2.70. The molecule has 136 valence electrons. The molecule has 6 nitrogen and oxygen atoms in total. The molecule has 1 aromatic heterocycles. The molecule has 4 rings (SSSR count). The molecule has 26 heavy (non-hydrogen) atoms. The Labute approximate surface area is 151 Å². The highest BCUT2D eigenvalue weighted by Gasteiger charge is 2.49. The lowest BCUT2D eigenvalue weighted by molar-refractivity contribution is -0.130. The summed E-state index contributed by atoms with van der Waals surface area (Å²) in [7, 11) is 0. The van der Waals surface area contributed by atoms with Crippen LogP contribution in [0.5, 0.6) is 0 Å². The largest absolute Gasteiger partial charge is 0.381 e. The first-order valence-electron chi connectivity index (χ1n) is 8.81. The highest BCUT2D eigenvalue weighted by molar-refractivity contribution is 5.74. The second kappa shape index (κ2) is 6.23. The van der Waals surface area contributed by atoms with Gasteiger partial charge in [0.2, 0.25) is 11.9 Å². The summed E-state index contributed by atoms with van der Waals surface area (Å²) in [6, 6.07) is 8.26. The Morgan fingerprint density at radius 3 is 2.73 bits per heavy atom. The SMILES string of the molecule is CC(=O)N1C[C@H]2CN(c3ncc(F)c(N)n3)C[C@H]2[C@@H]1c1ccccc1C. The third kappa shape index (κ3) is 2.67. The van der Waals surface area contributed by atoms with Gasteiger partial charge in [0, 0.05) is 38.4 Å². The summed E-state index contributed by atoms with van der Waals surface area (Å²) in [6.45, 7) is 5.89. The number of nitrogens with two attached hydrogens (primary N) is 1. The summed E-state index contributed by atoms with van der Waals surface area (Å²) >= 11 is 0. The predicted molar refractivity (Wildman–Crippen MR) is 96.9 cm³/mol. The van der Waals surface area contributed by atoms with Crippen molar-refractivity contribution in [2.24, 2.45) is 11.8 Å². The summed E-state index contributed by atoms with van der Waals surface area (Å²) in [5, 5.41) is 0. The van der Waals surface area contributed by atoms with Gasteiger partial charge in [0.1, 0.15) is 0 Å². The van der Waals surface area contributed by atoms with Crippen LogP contribution in [0.25, 0.3) is 0 Å². The van der Waals surface area contributed by atoms with Crippen molar-refractivity contribution >= 4 is 17.7 Å². The van der Waals surface area contributed by atoms with E-state index in [0.717, 1.165) is 19.3 Å². The number of nitrogens with zero attached hydrogens (tertiary/aromatic N) is 4. The minimum atomic E-state index is -0.603. The standard InChI is InChI=1S/C19H22FN5O/c1-11-5-3-4-6-14(11)17-15-10-24(8-13(15)9-25(17)12(2)26)19-22-7-16(20)18(21)23-19/h3-7,13,15,17H,8-10H2,1-2H3,(H2,21,22,23)/t13-,15-,17+/m1/s1. The van der Waals surface area contributed by atoms with E-state index in [1.807, 2.05) is 21.9 Å². The molecule has 2 aliphatic rings. The first kappa shape index (κ1) is 16.8. The van der Waals surface area contributed by atoms with Crippen LogP contribution in [0.4, 0.5) is 16.2 Å². The average Bonchev–Trinajstić information content (AvgIpc) is 3.16. The fraction of sp³-hybridized carbons (Fsp3) is 0.421. The van der Waals surface area contributed by atoms with E-state index in [2.05, 4.69) is 29.0 Å². The van der Waals surface area contributed by atoms with Crippen LogP contribution in [0.1, 0.15) is 24.1 Å².